The third-order valence-electron chi connectivity index (χ3n) is 2.59. The molecule has 0 spiro atoms. The second kappa shape index (κ2) is 5.43. The number of carboxylic acids is 1. The van der Waals surface area contributed by atoms with Crippen LogP contribution in [0.4, 0.5) is 0 Å². The van der Waals surface area contributed by atoms with Gasteiger partial charge in [-0.05, 0) is 18.9 Å². The lowest BCUT2D eigenvalue weighted by Gasteiger charge is -2.13. The standard InChI is InChI=1S/C12H18O3S/c1-7(2)9(4)16-6-10-5-8(3)11(15-10)12(13)14/h5,7,9H,6H2,1-4H3,(H,13,14). The minimum Gasteiger partial charge on any atom is -0.475 e. The number of carboxylic acid groups (broad SMARTS) is 1. The van der Waals surface area contributed by atoms with E-state index in [9.17, 15) is 4.79 Å². The van der Waals surface area contributed by atoms with Crippen molar-refractivity contribution in [2.24, 2.45) is 5.92 Å². The SMILES string of the molecule is Cc1cc(CSC(C)C(C)C)oc1C(=O)O. The van der Waals surface area contributed by atoms with Gasteiger partial charge < -0.3 is 9.52 Å². The molecule has 0 radical (unpaired) electrons. The van der Waals surface area contributed by atoms with Crippen molar-refractivity contribution in [1.82, 2.24) is 0 Å². The Hall–Kier alpha value is -0.900. The number of hydrogen-bond donors (Lipinski definition) is 1. The monoisotopic (exact) mass is 242 g/mol. The summed E-state index contributed by atoms with van der Waals surface area (Å²) in [7, 11) is 0. The van der Waals surface area contributed by atoms with Gasteiger partial charge in [-0.3, -0.25) is 0 Å². The molecule has 90 valence electrons. The Kier molecular flexibility index (Phi) is 4.47. The fraction of sp³-hybridized carbons (Fsp3) is 0.583. The van der Waals surface area contributed by atoms with Crippen molar-refractivity contribution in [3.8, 4) is 0 Å². The molecule has 1 rings (SSSR count). The largest absolute Gasteiger partial charge is 0.475 e. The Balaban J connectivity index is 2.62. The van der Waals surface area contributed by atoms with Gasteiger partial charge in [0.1, 0.15) is 5.76 Å². The zero-order valence-corrected chi connectivity index (χ0v) is 10.9. The summed E-state index contributed by atoms with van der Waals surface area (Å²) in [5.74, 6) is 1.15. The Morgan fingerprint density at radius 2 is 2.12 bits per heavy atom. The number of thioether (sulfide) groups is 1. The lowest BCUT2D eigenvalue weighted by Crippen LogP contribution is -2.05. The van der Waals surface area contributed by atoms with E-state index in [2.05, 4.69) is 20.8 Å². The molecule has 1 aromatic heterocycles. The highest BCUT2D eigenvalue weighted by molar-refractivity contribution is 7.99. The number of carbonyl (C=O) groups is 1. The Labute approximate surface area is 100 Å². The highest BCUT2D eigenvalue weighted by atomic mass is 32.2. The maximum absolute atomic E-state index is 10.8. The maximum atomic E-state index is 10.8. The van der Waals surface area contributed by atoms with Gasteiger partial charge in [-0.1, -0.05) is 20.8 Å². The van der Waals surface area contributed by atoms with Crippen molar-refractivity contribution in [3.63, 3.8) is 0 Å². The van der Waals surface area contributed by atoms with Crippen LogP contribution in [0.3, 0.4) is 0 Å². The van der Waals surface area contributed by atoms with Crippen LogP contribution in [-0.4, -0.2) is 16.3 Å². The molecule has 1 unspecified atom stereocenters. The summed E-state index contributed by atoms with van der Waals surface area (Å²) in [6.45, 7) is 8.28. The number of rotatable bonds is 5. The van der Waals surface area contributed by atoms with Gasteiger partial charge in [0.15, 0.2) is 0 Å². The number of aryl methyl sites for hydroxylation is 1. The molecule has 4 heteroatoms. The lowest BCUT2D eigenvalue weighted by molar-refractivity contribution is 0.0659. The first kappa shape index (κ1) is 13.2. The number of aromatic carboxylic acids is 1. The molecule has 1 N–H and O–H groups in total. The fourth-order valence-electron chi connectivity index (χ4n) is 1.24. The van der Waals surface area contributed by atoms with Crippen LogP contribution >= 0.6 is 11.8 Å². The summed E-state index contributed by atoms with van der Waals surface area (Å²) in [5, 5.41) is 9.38. The van der Waals surface area contributed by atoms with Crippen molar-refractivity contribution in [2.45, 2.75) is 38.7 Å². The topological polar surface area (TPSA) is 50.4 Å². The van der Waals surface area contributed by atoms with Crippen LogP contribution in [0.1, 0.15) is 42.6 Å². The average Bonchev–Trinajstić information content (AvgIpc) is 2.56. The van der Waals surface area contributed by atoms with E-state index in [1.165, 1.54) is 0 Å². The van der Waals surface area contributed by atoms with E-state index in [0.717, 1.165) is 11.5 Å². The summed E-state index contributed by atoms with van der Waals surface area (Å²) in [6, 6.07) is 1.81. The van der Waals surface area contributed by atoms with Crippen LogP contribution < -0.4 is 0 Å². The highest BCUT2D eigenvalue weighted by Gasteiger charge is 2.15. The van der Waals surface area contributed by atoms with Crippen molar-refractivity contribution in [2.75, 3.05) is 0 Å². The predicted molar refractivity (Wildman–Crippen MR) is 66.0 cm³/mol. The van der Waals surface area contributed by atoms with Gasteiger partial charge in [0.2, 0.25) is 5.76 Å². The van der Waals surface area contributed by atoms with E-state index in [4.69, 9.17) is 9.52 Å². The molecule has 0 aliphatic heterocycles. The van der Waals surface area contributed by atoms with Crippen molar-refractivity contribution < 1.29 is 14.3 Å². The number of furan rings is 1. The molecule has 3 nitrogen and oxygen atoms in total. The third-order valence-corrected chi connectivity index (χ3v) is 4.11. The Morgan fingerprint density at radius 3 is 2.56 bits per heavy atom. The van der Waals surface area contributed by atoms with Crippen LogP contribution in [0.25, 0.3) is 0 Å². The van der Waals surface area contributed by atoms with E-state index in [0.29, 0.717) is 16.7 Å². The normalized spacial score (nSPS) is 13.1. The molecule has 1 aromatic rings. The van der Waals surface area contributed by atoms with E-state index in [1.54, 1.807) is 18.7 Å². The maximum Gasteiger partial charge on any atom is 0.372 e. The summed E-state index contributed by atoms with van der Waals surface area (Å²) in [6.07, 6.45) is 0. The van der Waals surface area contributed by atoms with Crippen LogP contribution in [0.15, 0.2) is 10.5 Å². The van der Waals surface area contributed by atoms with E-state index in [1.807, 2.05) is 6.07 Å². The molecule has 0 saturated carbocycles. The zero-order valence-electron chi connectivity index (χ0n) is 10.1. The molecule has 0 fully saturated rings. The lowest BCUT2D eigenvalue weighted by atomic mass is 10.2. The van der Waals surface area contributed by atoms with Crippen LogP contribution in [0, 0.1) is 12.8 Å². The van der Waals surface area contributed by atoms with E-state index < -0.39 is 5.97 Å². The summed E-state index contributed by atoms with van der Waals surface area (Å²) in [4.78, 5) is 10.8. The quantitative estimate of drug-likeness (QED) is 0.857. The van der Waals surface area contributed by atoms with Gasteiger partial charge in [-0.25, -0.2) is 4.79 Å². The smallest absolute Gasteiger partial charge is 0.372 e. The van der Waals surface area contributed by atoms with Gasteiger partial charge in [0, 0.05) is 10.8 Å². The first-order valence-electron chi connectivity index (χ1n) is 5.36. The molecule has 0 aromatic carbocycles. The highest BCUT2D eigenvalue weighted by Crippen LogP contribution is 2.25. The minimum absolute atomic E-state index is 0.0628. The molecule has 0 bridgehead atoms. The Morgan fingerprint density at radius 1 is 1.50 bits per heavy atom. The minimum atomic E-state index is -0.995. The first-order chi connectivity index (χ1) is 7.41. The predicted octanol–water partition coefficient (Wildman–Crippen LogP) is 3.56. The molecule has 0 aliphatic rings. The van der Waals surface area contributed by atoms with E-state index >= 15 is 0 Å². The zero-order chi connectivity index (χ0) is 12.3. The van der Waals surface area contributed by atoms with Crippen molar-refractivity contribution >= 4 is 17.7 Å². The molecule has 1 heterocycles. The van der Waals surface area contributed by atoms with Crippen molar-refractivity contribution in [1.29, 1.82) is 0 Å². The average molecular weight is 242 g/mol. The first-order valence-corrected chi connectivity index (χ1v) is 6.41. The molecular weight excluding hydrogens is 224 g/mol. The summed E-state index contributed by atoms with van der Waals surface area (Å²) >= 11 is 1.78. The van der Waals surface area contributed by atoms with Crippen LogP contribution in [-0.2, 0) is 5.75 Å². The Bertz CT molecular complexity index is 368. The van der Waals surface area contributed by atoms with Gasteiger partial charge >= 0.3 is 5.97 Å². The second-order valence-corrected chi connectivity index (χ2v) is 5.66. The third kappa shape index (κ3) is 3.30. The van der Waals surface area contributed by atoms with Crippen LogP contribution in [0.2, 0.25) is 0 Å². The summed E-state index contributed by atoms with van der Waals surface area (Å²) < 4.78 is 5.29. The molecule has 16 heavy (non-hydrogen) atoms. The van der Waals surface area contributed by atoms with Crippen molar-refractivity contribution in [3.05, 3.63) is 23.2 Å². The molecule has 0 saturated heterocycles. The number of hydrogen-bond acceptors (Lipinski definition) is 3. The van der Waals surface area contributed by atoms with Crippen LogP contribution in [0.5, 0.6) is 0 Å². The fourth-order valence-corrected chi connectivity index (χ4v) is 2.19. The van der Waals surface area contributed by atoms with Gasteiger partial charge in [-0.15, -0.1) is 0 Å². The van der Waals surface area contributed by atoms with E-state index in [-0.39, 0.29) is 5.76 Å². The molecule has 0 aliphatic carbocycles. The second-order valence-electron chi connectivity index (χ2n) is 4.29. The van der Waals surface area contributed by atoms with Gasteiger partial charge in [-0.2, -0.15) is 11.8 Å². The molecule has 0 amide bonds. The van der Waals surface area contributed by atoms with Gasteiger partial charge in [0.25, 0.3) is 0 Å². The molecular formula is C12H18O3S. The summed E-state index contributed by atoms with van der Waals surface area (Å²) in [5.41, 5.74) is 0.695. The molecule has 1 atom stereocenters. The van der Waals surface area contributed by atoms with Gasteiger partial charge in [0.05, 0.1) is 5.75 Å².